The smallest absolute Gasteiger partial charge is 0.192 e. The quantitative estimate of drug-likeness (QED) is 0.843. The standard InChI is InChI=1S/C16H23N3/c1-5-10-19-15(17)18-11-16(19,4)14-8-6-13(7-9-14)12(2)3/h5-9,12H,1,10-11H2,2-4H3,(H2,17,18). The van der Waals surface area contributed by atoms with E-state index in [1.54, 1.807) is 0 Å². The van der Waals surface area contributed by atoms with E-state index in [0.29, 0.717) is 18.4 Å². The molecule has 3 heteroatoms. The van der Waals surface area contributed by atoms with E-state index >= 15 is 0 Å². The average molecular weight is 257 g/mol. The molecule has 1 aliphatic heterocycles. The summed E-state index contributed by atoms with van der Waals surface area (Å²) >= 11 is 0. The molecule has 0 saturated carbocycles. The molecule has 0 bridgehead atoms. The molecule has 2 rings (SSSR count). The van der Waals surface area contributed by atoms with Crippen molar-refractivity contribution in [3.63, 3.8) is 0 Å². The lowest BCUT2D eigenvalue weighted by molar-refractivity contribution is 0.245. The predicted molar refractivity (Wildman–Crippen MR) is 81.3 cm³/mol. The Morgan fingerprint density at radius 1 is 1.42 bits per heavy atom. The number of nitrogens with two attached hydrogens (primary N) is 1. The fourth-order valence-electron chi connectivity index (χ4n) is 2.56. The van der Waals surface area contributed by atoms with Gasteiger partial charge in [0, 0.05) is 6.54 Å². The fourth-order valence-corrected chi connectivity index (χ4v) is 2.56. The van der Waals surface area contributed by atoms with Crippen LogP contribution >= 0.6 is 0 Å². The first-order chi connectivity index (χ1) is 8.99. The van der Waals surface area contributed by atoms with Crippen LogP contribution in [-0.2, 0) is 5.54 Å². The number of hydrogen-bond acceptors (Lipinski definition) is 3. The highest BCUT2D eigenvalue weighted by Gasteiger charge is 2.38. The van der Waals surface area contributed by atoms with E-state index in [1.165, 1.54) is 11.1 Å². The Morgan fingerprint density at radius 3 is 2.58 bits per heavy atom. The molecule has 19 heavy (non-hydrogen) atoms. The summed E-state index contributed by atoms with van der Waals surface area (Å²) in [7, 11) is 0. The summed E-state index contributed by atoms with van der Waals surface area (Å²) in [6.45, 7) is 11.8. The van der Waals surface area contributed by atoms with Crippen molar-refractivity contribution in [3.05, 3.63) is 48.0 Å². The maximum atomic E-state index is 5.98. The molecule has 3 nitrogen and oxygen atoms in total. The number of hydrogen-bond donors (Lipinski definition) is 1. The van der Waals surface area contributed by atoms with Crippen molar-refractivity contribution in [1.29, 1.82) is 0 Å². The van der Waals surface area contributed by atoms with Crippen molar-refractivity contribution in [2.45, 2.75) is 32.2 Å². The minimum atomic E-state index is -0.159. The van der Waals surface area contributed by atoms with Crippen molar-refractivity contribution in [3.8, 4) is 0 Å². The lowest BCUT2D eigenvalue weighted by atomic mass is 9.89. The summed E-state index contributed by atoms with van der Waals surface area (Å²) in [5, 5.41) is 0. The second-order valence-corrected chi connectivity index (χ2v) is 5.62. The van der Waals surface area contributed by atoms with Crippen LogP contribution in [0.5, 0.6) is 0 Å². The Balaban J connectivity index is 2.31. The van der Waals surface area contributed by atoms with E-state index in [0.717, 1.165) is 6.54 Å². The van der Waals surface area contributed by atoms with Crippen molar-refractivity contribution in [2.75, 3.05) is 13.1 Å². The molecule has 0 fully saturated rings. The minimum Gasteiger partial charge on any atom is -0.370 e. The van der Waals surface area contributed by atoms with E-state index in [4.69, 9.17) is 5.73 Å². The number of guanidine groups is 1. The first-order valence-corrected chi connectivity index (χ1v) is 6.78. The second-order valence-electron chi connectivity index (χ2n) is 5.62. The van der Waals surface area contributed by atoms with Gasteiger partial charge in [0.1, 0.15) is 0 Å². The molecule has 0 saturated heterocycles. The molecule has 1 heterocycles. The maximum Gasteiger partial charge on any atom is 0.192 e. The van der Waals surface area contributed by atoms with Crippen molar-refractivity contribution < 1.29 is 0 Å². The summed E-state index contributed by atoms with van der Waals surface area (Å²) in [5.41, 5.74) is 8.43. The highest BCUT2D eigenvalue weighted by Crippen LogP contribution is 2.33. The van der Waals surface area contributed by atoms with Gasteiger partial charge in [0.25, 0.3) is 0 Å². The molecule has 0 radical (unpaired) electrons. The summed E-state index contributed by atoms with van der Waals surface area (Å²) in [5.74, 6) is 1.16. The van der Waals surface area contributed by atoms with E-state index in [-0.39, 0.29) is 5.54 Å². The highest BCUT2D eigenvalue weighted by atomic mass is 15.3. The molecule has 1 aromatic carbocycles. The molecule has 0 aromatic heterocycles. The first-order valence-electron chi connectivity index (χ1n) is 6.78. The topological polar surface area (TPSA) is 41.6 Å². The Hall–Kier alpha value is -1.77. The van der Waals surface area contributed by atoms with Crippen molar-refractivity contribution in [2.24, 2.45) is 10.7 Å². The van der Waals surface area contributed by atoms with Crippen LogP contribution in [0, 0.1) is 0 Å². The molecule has 0 spiro atoms. The van der Waals surface area contributed by atoms with Gasteiger partial charge in [0.2, 0.25) is 0 Å². The molecule has 2 N–H and O–H groups in total. The Morgan fingerprint density at radius 2 is 2.05 bits per heavy atom. The van der Waals surface area contributed by atoms with Gasteiger partial charge in [-0.3, -0.25) is 4.99 Å². The van der Waals surface area contributed by atoms with Crippen molar-refractivity contribution in [1.82, 2.24) is 4.90 Å². The zero-order valence-corrected chi connectivity index (χ0v) is 12.1. The monoisotopic (exact) mass is 257 g/mol. The zero-order valence-electron chi connectivity index (χ0n) is 12.1. The molecular formula is C16H23N3. The molecule has 102 valence electrons. The van der Waals surface area contributed by atoms with E-state index in [1.807, 2.05) is 6.08 Å². The van der Waals surface area contributed by atoms with Gasteiger partial charge in [-0.25, -0.2) is 0 Å². The zero-order chi connectivity index (χ0) is 14.0. The van der Waals surface area contributed by atoms with Gasteiger partial charge in [-0.05, 0) is 24.0 Å². The molecular weight excluding hydrogens is 234 g/mol. The third-order valence-corrected chi connectivity index (χ3v) is 3.93. The lowest BCUT2D eigenvalue weighted by Crippen LogP contribution is -2.47. The SMILES string of the molecule is C=CCN1C(N)=NCC1(C)c1ccc(C(C)C)cc1. The number of aliphatic imine (C=N–C) groups is 1. The molecule has 1 aromatic rings. The van der Waals surface area contributed by atoms with Crippen LogP contribution in [0.1, 0.15) is 37.8 Å². The van der Waals surface area contributed by atoms with Gasteiger partial charge in [0.05, 0.1) is 12.1 Å². The first kappa shape index (κ1) is 13.7. The number of rotatable bonds is 4. The van der Waals surface area contributed by atoms with Gasteiger partial charge >= 0.3 is 0 Å². The molecule has 1 atom stereocenters. The van der Waals surface area contributed by atoms with Crippen LogP contribution in [0.25, 0.3) is 0 Å². The molecule has 0 amide bonds. The third kappa shape index (κ3) is 2.37. The van der Waals surface area contributed by atoms with Crippen LogP contribution in [0.4, 0.5) is 0 Å². The number of nitrogens with zero attached hydrogens (tertiary/aromatic N) is 2. The summed E-state index contributed by atoms with van der Waals surface area (Å²) in [6, 6.07) is 8.79. The molecule has 1 unspecified atom stereocenters. The summed E-state index contributed by atoms with van der Waals surface area (Å²) < 4.78 is 0. The highest BCUT2D eigenvalue weighted by molar-refractivity contribution is 5.81. The molecule has 1 aliphatic rings. The molecule has 0 aliphatic carbocycles. The third-order valence-electron chi connectivity index (χ3n) is 3.93. The largest absolute Gasteiger partial charge is 0.370 e. The van der Waals surface area contributed by atoms with Gasteiger partial charge in [-0.1, -0.05) is 44.2 Å². The normalized spacial score (nSPS) is 22.7. The number of benzene rings is 1. The van der Waals surface area contributed by atoms with E-state index in [2.05, 4.69) is 61.5 Å². The minimum absolute atomic E-state index is 0.159. The van der Waals surface area contributed by atoms with Crippen LogP contribution in [0.2, 0.25) is 0 Å². The van der Waals surface area contributed by atoms with Gasteiger partial charge in [-0.15, -0.1) is 6.58 Å². The van der Waals surface area contributed by atoms with Crippen LogP contribution < -0.4 is 5.73 Å². The summed E-state index contributed by atoms with van der Waals surface area (Å²) in [6.07, 6.45) is 1.87. The Kier molecular flexibility index (Phi) is 3.65. The predicted octanol–water partition coefficient (Wildman–Crippen LogP) is 2.84. The van der Waals surface area contributed by atoms with Gasteiger partial charge in [-0.2, -0.15) is 0 Å². The van der Waals surface area contributed by atoms with Crippen LogP contribution in [0.3, 0.4) is 0 Å². The maximum absolute atomic E-state index is 5.98. The Bertz CT molecular complexity index is 487. The van der Waals surface area contributed by atoms with E-state index in [9.17, 15) is 0 Å². The van der Waals surface area contributed by atoms with Gasteiger partial charge in [0.15, 0.2) is 5.96 Å². The van der Waals surface area contributed by atoms with E-state index < -0.39 is 0 Å². The Labute approximate surface area is 115 Å². The van der Waals surface area contributed by atoms with Gasteiger partial charge < -0.3 is 10.6 Å². The second kappa shape index (κ2) is 5.08. The lowest BCUT2D eigenvalue weighted by Gasteiger charge is -2.36. The van der Waals surface area contributed by atoms with Crippen LogP contribution in [0.15, 0.2) is 41.9 Å². The average Bonchev–Trinajstić information content (AvgIpc) is 2.69. The summed E-state index contributed by atoms with van der Waals surface area (Å²) in [4.78, 5) is 6.51. The van der Waals surface area contributed by atoms with Crippen LogP contribution in [-0.4, -0.2) is 23.9 Å². The van der Waals surface area contributed by atoms with Crippen molar-refractivity contribution >= 4 is 5.96 Å². The fraction of sp³-hybridized carbons (Fsp3) is 0.438.